The van der Waals surface area contributed by atoms with Crippen LogP contribution in [-0.2, 0) is 14.3 Å². The zero-order valence-electron chi connectivity index (χ0n) is 13.8. The summed E-state index contributed by atoms with van der Waals surface area (Å²) < 4.78 is 4.98. The van der Waals surface area contributed by atoms with Crippen LogP contribution in [0.1, 0.15) is 39.0 Å². The van der Waals surface area contributed by atoms with Crippen LogP contribution in [0.25, 0.3) is 0 Å². The Labute approximate surface area is 133 Å². The van der Waals surface area contributed by atoms with Crippen LogP contribution in [0.5, 0.6) is 0 Å². The zero-order chi connectivity index (χ0) is 15.9. The van der Waals surface area contributed by atoms with Gasteiger partial charge in [0.15, 0.2) is 0 Å². The lowest BCUT2D eigenvalue weighted by Crippen LogP contribution is -2.50. The second-order valence-corrected chi connectivity index (χ2v) is 6.30. The first kappa shape index (κ1) is 17.2. The van der Waals surface area contributed by atoms with Crippen LogP contribution >= 0.6 is 0 Å². The minimum absolute atomic E-state index is 0.0791. The molecule has 0 bridgehead atoms. The van der Waals surface area contributed by atoms with Crippen LogP contribution in [0, 0.1) is 0 Å². The molecule has 0 unspecified atom stereocenters. The van der Waals surface area contributed by atoms with E-state index in [0.717, 1.165) is 45.2 Å². The standard InChI is InChI=1S/C16H29N3O3/c1-13(20)19-10-4-7-15(19)14-6-3-9-18(14)12-16(21)17-8-5-11-22-2/h14-15H,3-12H2,1-2H3,(H,17,21)/t14-,15+/m0/s1. The van der Waals surface area contributed by atoms with Gasteiger partial charge in [-0.05, 0) is 38.6 Å². The summed E-state index contributed by atoms with van der Waals surface area (Å²) in [5.41, 5.74) is 0. The third kappa shape index (κ3) is 4.43. The number of carbonyl (C=O) groups excluding carboxylic acids is 2. The Hall–Kier alpha value is -1.14. The molecule has 6 nitrogen and oxygen atoms in total. The Morgan fingerprint density at radius 2 is 1.91 bits per heavy atom. The summed E-state index contributed by atoms with van der Waals surface area (Å²) in [6.45, 7) is 5.25. The normalized spacial score (nSPS) is 25.6. The number of nitrogens with zero attached hydrogens (tertiary/aromatic N) is 2. The van der Waals surface area contributed by atoms with Gasteiger partial charge in [-0.3, -0.25) is 14.5 Å². The summed E-state index contributed by atoms with van der Waals surface area (Å²) >= 11 is 0. The van der Waals surface area contributed by atoms with Crippen LogP contribution in [0.3, 0.4) is 0 Å². The maximum absolute atomic E-state index is 12.1. The Morgan fingerprint density at radius 1 is 1.18 bits per heavy atom. The number of rotatable bonds is 7. The molecular weight excluding hydrogens is 282 g/mol. The highest BCUT2D eigenvalue weighted by molar-refractivity contribution is 5.78. The van der Waals surface area contributed by atoms with Gasteiger partial charge in [-0.2, -0.15) is 0 Å². The summed E-state index contributed by atoms with van der Waals surface area (Å²) in [6, 6.07) is 0.636. The van der Waals surface area contributed by atoms with Crippen molar-refractivity contribution >= 4 is 11.8 Å². The summed E-state index contributed by atoms with van der Waals surface area (Å²) in [7, 11) is 1.67. The van der Waals surface area contributed by atoms with Crippen molar-refractivity contribution in [2.75, 3.05) is 39.9 Å². The number of methoxy groups -OCH3 is 1. The number of hydrogen-bond donors (Lipinski definition) is 1. The second-order valence-electron chi connectivity index (χ2n) is 6.30. The molecule has 2 saturated heterocycles. The molecule has 6 heteroatoms. The van der Waals surface area contributed by atoms with Crippen molar-refractivity contribution in [3.8, 4) is 0 Å². The molecule has 126 valence electrons. The van der Waals surface area contributed by atoms with Gasteiger partial charge in [-0.15, -0.1) is 0 Å². The summed E-state index contributed by atoms with van der Waals surface area (Å²) in [6.07, 6.45) is 5.19. The SMILES string of the molecule is COCCCNC(=O)CN1CCC[C@H]1[C@H]1CCCN1C(C)=O. The number of likely N-dealkylation sites (tertiary alicyclic amines) is 2. The Kier molecular flexibility index (Phi) is 6.64. The summed E-state index contributed by atoms with van der Waals surface area (Å²) in [5.74, 6) is 0.244. The lowest BCUT2D eigenvalue weighted by Gasteiger charge is -2.34. The van der Waals surface area contributed by atoms with Crippen LogP contribution in [0.4, 0.5) is 0 Å². The Morgan fingerprint density at radius 3 is 2.64 bits per heavy atom. The highest BCUT2D eigenvalue weighted by Crippen LogP contribution is 2.29. The van der Waals surface area contributed by atoms with Crippen molar-refractivity contribution in [3.05, 3.63) is 0 Å². The zero-order valence-corrected chi connectivity index (χ0v) is 13.8. The molecule has 22 heavy (non-hydrogen) atoms. The Balaban J connectivity index is 1.82. The van der Waals surface area contributed by atoms with Gasteiger partial charge < -0.3 is 15.0 Å². The van der Waals surface area contributed by atoms with Gasteiger partial charge >= 0.3 is 0 Å². The molecular formula is C16H29N3O3. The van der Waals surface area contributed by atoms with Crippen LogP contribution in [0.15, 0.2) is 0 Å². The molecule has 0 saturated carbocycles. The minimum atomic E-state index is 0.0791. The average molecular weight is 311 g/mol. The molecule has 2 heterocycles. The fourth-order valence-corrected chi connectivity index (χ4v) is 3.75. The van der Waals surface area contributed by atoms with E-state index >= 15 is 0 Å². The van der Waals surface area contributed by atoms with E-state index in [9.17, 15) is 9.59 Å². The number of hydrogen-bond acceptors (Lipinski definition) is 4. The molecule has 0 aromatic carbocycles. The molecule has 0 spiro atoms. The molecule has 2 aliphatic heterocycles. The smallest absolute Gasteiger partial charge is 0.234 e. The van der Waals surface area contributed by atoms with Crippen molar-refractivity contribution in [1.82, 2.24) is 15.1 Å². The molecule has 0 radical (unpaired) electrons. The lowest BCUT2D eigenvalue weighted by molar-refractivity contribution is -0.130. The van der Waals surface area contributed by atoms with Crippen molar-refractivity contribution in [2.45, 2.75) is 51.1 Å². The molecule has 2 atom stereocenters. The van der Waals surface area contributed by atoms with E-state index in [0.29, 0.717) is 31.8 Å². The molecule has 2 fully saturated rings. The monoisotopic (exact) mass is 311 g/mol. The second kappa shape index (κ2) is 8.48. The van der Waals surface area contributed by atoms with E-state index in [-0.39, 0.29) is 11.8 Å². The molecule has 2 aliphatic rings. The van der Waals surface area contributed by atoms with E-state index in [1.165, 1.54) is 0 Å². The van der Waals surface area contributed by atoms with Crippen molar-refractivity contribution in [1.29, 1.82) is 0 Å². The maximum atomic E-state index is 12.1. The van der Waals surface area contributed by atoms with E-state index in [2.05, 4.69) is 10.2 Å². The first-order valence-electron chi connectivity index (χ1n) is 8.40. The van der Waals surface area contributed by atoms with E-state index in [1.807, 2.05) is 4.90 Å². The maximum Gasteiger partial charge on any atom is 0.234 e. The van der Waals surface area contributed by atoms with Gasteiger partial charge in [0.1, 0.15) is 0 Å². The molecule has 1 N–H and O–H groups in total. The summed E-state index contributed by atoms with van der Waals surface area (Å²) in [5, 5.41) is 2.95. The quantitative estimate of drug-likeness (QED) is 0.700. The topological polar surface area (TPSA) is 61.9 Å². The van der Waals surface area contributed by atoms with Gasteiger partial charge in [0.05, 0.1) is 6.54 Å². The molecule has 0 aromatic rings. The van der Waals surface area contributed by atoms with Crippen molar-refractivity contribution < 1.29 is 14.3 Å². The predicted octanol–water partition coefficient (Wildman–Crippen LogP) is 0.614. The first-order chi connectivity index (χ1) is 10.6. The number of nitrogens with one attached hydrogen (secondary N) is 1. The van der Waals surface area contributed by atoms with E-state index < -0.39 is 0 Å². The van der Waals surface area contributed by atoms with Gasteiger partial charge in [0.2, 0.25) is 11.8 Å². The van der Waals surface area contributed by atoms with Crippen molar-refractivity contribution in [2.24, 2.45) is 0 Å². The van der Waals surface area contributed by atoms with Gasteiger partial charge in [-0.1, -0.05) is 0 Å². The largest absolute Gasteiger partial charge is 0.385 e. The van der Waals surface area contributed by atoms with Crippen LogP contribution < -0.4 is 5.32 Å². The molecule has 0 aromatic heterocycles. The van der Waals surface area contributed by atoms with E-state index in [1.54, 1.807) is 14.0 Å². The highest BCUT2D eigenvalue weighted by Gasteiger charge is 2.39. The fourth-order valence-electron chi connectivity index (χ4n) is 3.75. The minimum Gasteiger partial charge on any atom is -0.385 e. The number of ether oxygens (including phenoxy) is 1. The van der Waals surface area contributed by atoms with Gasteiger partial charge in [0.25, 0.3) is 0 Å². The van der Waals surface area contributed by atoms with Gasteiger partial charge in [0, 0.05) is 45.8 Å². The number of amides is 2. The lowest BCUT2D eigenvalue weighted by atomic mass is 10.0. The Bertz CT molecular complexity index is 389. The van der Waals surface area contributed by atoms with Crippen LogP contribution in [0.2, 0.25) is 0 Å². The third-order valence-electron chi connectivity index (χ3n) is 4.76. The highest BCUT2D eigenvalue weighted by atomic mass is 16.5. The summed E-state index contributed by atoms with van der Waals surface area (Å²) in [4.78, 5) is 28.1. The molecule has 2 rings (SSSR count). The van der Waals surface area contributed by atoms with Crippen molar-refractivity contribution in [3.63, 3.8) is 0 Å². The molecule has 0 aliphatic carbocycles. The fraction of sp³-hybridized carbons (Fsp3) is 0.875. The van der Waals surface area contributed by atoms with Crippen LogP contribution in [-0.4, -0.2) is 73.6 Å². The molecule has 2 amide bonds. The average Bonchev–Trinajstić information content (AvgIpc) is 3.11. The first-order valence-corrected chi connectivity index (χ1v) is 8.40. The third-order valence-corrected chi connectivity index (χ3v) is 4.76. The van der Waals surface area contributed by atoms with Gasteiger partial charge in [-0.25, -0.2) is 0 Å². The van der Waals surface area contributed by atoms with E-state index in [4.69, 9.17) is 4.74 Å². The number of carbonyl (C=O) groups is 2. The predicted molar refractivity (Wildman–Crippen MR) is 84.5 cm³/mol.